The predicted molar refractivity (Wildman–Crippen MR) is 82.9 cm³/mol. The molecular formula is C14H22FN3OS. The maximum absolute atomic E-state index is 14.3. The molecule has 1 aromatic heterocycles. The van der Waals surface area contributed by atoms with Crippen LogP contribution in [0.4, 0.5) is 10.2 Å². The Kier molecular flexibility index (Phi) is 6.78. The van der Waals surface area contributed by atoms with Gasteiger partial charge in [-0.1, -0.05) is 6.92 Å². The summed E-state index contributed by atoms with van der Waals surface area (Å²) in [6.45, 7) is 4.56. The number of carbonyl (C=O) groups excluding carboxylic acids is 1. The summed E-state index contributed by atoms with van der Waals surface area (Å²) < 4.78 is 14.3. The highest BCUT2D eigenvalue weighted by Gasteiger charge is 2.22. The molecular weight excluding hydrogens is 277 g/mol. The van der Waals surface area contributed by atoms with Gasteiger partial charge in [-0.25, -0.2) is 9.37 Å². The monoisotopic (exact) mass is 299 g/mol. The van der Waals surface area contributed by atoms with Crippen molar-refractivity contribution in [3.8, 4) is 0 Å². The van der Waals surface area contributed by atoms with Crippen LogP contribution in [0.15, 0.2) is 12.3 Å². The number of hydrogen-bond donors (Lipinski definition) is 1. The number of thioether (sulfide) groups is 1. The molecule has 0 bridgehead atoms. The molecule has 0 aliphatic heterocycles. The summed E-state index contributed by atoms with van der Waals surface area (Å²) >= 11 is 1.66. The van der Waals surface area contributed by atoms with Gasteiger partial charge in [-0.15, -0.1) is 0 Å². The van der Waals surface area contributed by atoms with Crippen LogP contribution in [0.3, 0.4) is 0 Å². The first kappa shape index (κ1) is 16.8. The van der Waals surface area contributed by atoms with E-state index in [2.05, 4.69) is 10.3 Å². The van der Waals surface area contributed by atoms with Gasteiger partial charge in [-0.3, -0.25) is 4.79 Å². The second-order valence-corrected chi connectivity index (χ2v) is 5.58. The summed E-state index contributed by atoms with van der Waals surface area (Å²) in [4.78, 5) is 17.8. The molecule has 1 N–H and O–H groups in total. The number of anilines is 1. The minimum atomic E-state index is -0.575. The van der Waals surface area contributed by atoms with Crippen LogP contribution >= 0.6 is 11.8 Å². The van der Waals surface area contributed by atoms with Gasteiger partial charge in [0.2, 0.25) is 0 Å². The number of pyridine rings is 1. The Labute approximate surface area is 124 Å². The third-order valence-electron chi connectivity index (χ3n) is 3.05. The molecule has 20 heavy (non-hydrogen) atoms. The average Bonchev–Trinajstić information content (AvgIpc) is 2.45. The zero-order valence-electron chi connectivity index (χ0n) is 12.4. The molecule has 0 spiro atoms. The van der Waals surface area contributed by atoms with E-state index in [1.807, 2.05) is 20.1 Å². The van der Waals surface area contributed by atoms with Crippen molar-refractivity contribution in [2.75, 3.05) is 30.9 Å². The highest BCUT2D eigenvalue weighted by Crippen LogP contribution is 2.18. The maximum Gasteiger partial charge on any atom is 0.257 e. The van der Waals surface area contributed by atoms with Crippen LogP contribution in [0.2, 0.25) is 0 Å². The van der Waals surface area contributed by atoms with Gasteiger partial charge >= 0.3 is 0 Å². The Balaban J connectivity index is 2.92. The molecule has 0 aliphatic carbocycles. The fraction of sp³-hybridized carbons (Fsp3) is 0.571. The molecule has 1 aromatic rings. The van der Waals surface area contributed by atoms with Gasteiger partial charge in [0, 0.05) is 31.6 Å². The fourth-order valence-corrected chi connectivity index (χ4v) is 2.42. The highest BCUT2D eigenvalue weighted by atomic mass is 32.2. The normalized spacial score (nSPS) is 12.1. The summed E-state index contributed by atoms with van der Waals surface area (Å²) in [5.74, 6) is 0.0689. The Hall–Kier alpha value is -1.30. The minimum Gasteiger partial charge on any atom is -0.368 e. The zero-order valence-corrected chi connectivity index (χ0v) is 13.3. The lowest BCUT2D eigenvalue weighted by Crippen LogP contribution is -2.37. The van der Waals surface area contributed by atoms with E-state index in [9.17, 15) is 9.18 Å². The van der Waals surface area contributed by atoms with E-state index in [0.29, 0.717) is 6.54 Å². The van der Waals surface area contributed by atoms with Crippen molar-refractivity contribution in [3.05, 3.63) is 23.6 Å². The molecule has 6 heteroatoms. The van der Waals surface area contributed by atoms with Gasteiger partial charge in [-0.05, 0) is 25.7 Å². The topological polar surface area (TPSA) is 45.2 Å². The second kappa shape index (κ2) is 8.09. The summed E-state index contributed by atoms with van der Waals surface area (Å²) in [5.41, 5.74) is 0.0639. The van der Waals surface area contributed by atoms with Crippen LogP contribution in [0, 0.1) is 5.82 Å². The van der Waals surface area contributed by atoms with Gasteiger partial charge in [-0.2, -0.15) is 11.8 Å². The van der Waals surface area contributed by atoms with Gasteiger partial charge in [0.25, 0.3) is 5.91 Å². The van der Waals surface area contributed by atoms with E-state index >= 15 is 0 Å². The molecule has 0 fully saturated rings. The van der Waals surface area contributed by atoms with Crippen molar-refractivity contribution < 1.29 is 9.18 Å². The largest absolute Gasteiger partial charge is 0.368 e. The van der Waals surface area contributed by atoms with Gasteiger partial charge in [0.1, 0.15) is 0 Å². The number of halogens is 1. The van der Waals surface area contributed by atoms with Crippen molar-refractivity contribution in [2.45, 2.75) is 26.3 Å². The van der Waals surface area contributed by atoms with Crippen molar-refractivity contribution in [3.63, 3.8) is 0 Å². The first-order chi connectivity index (χ1) is 9.52. The first-order valence-corrected chi connectivity index (χ1v) is 8.06. The number of hydrogen-bond acceptors (Lipinski definition) is 4. The molecule has 1 unspecified atom stereocenters. The number of aromatic nitrogens is 1. The van der Waals surface area contributed by atoms with Crippen LogP contribution in [0.5, 0.6) is 0 Å². The zero-order chi connectivity index (χ0) is 15.1. The van der Waals surface area contributed by atoms with Crippen LogP contribution in [0.1, 0.15) is 30.6 Å². The summed E-state index contributed by atoms with van der Waals surface area (Å²) in [7, 11) is 1.70. The van der Waals surface area contributed by atoms with E-state index in [-0.39, 0.29) is 23.3 Å². The Bertz CT molecular complexity index is 456. The lowest BCUT2D eigenvalue weighted by molar-refractivity contribution is 0.0753. The Morgan fingerprint density at radius 3 is 2.90 bits per heavy atom. The Morgan fingerprint density at radius 2 is 2.30 bits per heavy atom. The smallest absolute Gasteiger partial charge is 0.257 e. The summed E-state index contributed by atoms with van der Waals surface area (Å²) in [6.07, 6.45) is 4.31. The molecule has 0 aromatic carbocycles. The number of nitrogens with one attached hydrogen (secondary N) is 1. The molecule has 1 amide bonds. The van der Waals surface area contributed by atoms with Crippen LogP contribution in [-0.2, 0) is 0 Å². The van der Waals surface area contributed by atoms with Gasteiger partial charge in [0.15, 0.2) is 11.6 Å². The first-order valence-electron chi connectivity index (χ1n) is 6.67. The number of amides is 1. The standard InChI is InChI=1S/C14H22FN3OS/c1-5-7-16-13-12(15)11(6-8-17-13)14(19)18(3)10(2)9-20-4/h6,8,10H,5,7,9H2,1-4H3,(H,16,17). The molecule has 1 atom stereocenters. The molecule has 0 aliphatic rings. The van der Waals surface area contributed by atoms with E-state index in [0.717, 1.165) is 12.2 Å². The van der Waals surface area contributed by atoms with Gasteiger partial charge in [0.05, 0.1) is 5.56 Å². The molecule has 1 rings (SSSR count). The maximum atomic E-state index is 14.3. The predicted octanol–water partition coefficient (Wildman–Crippen LogP) is 2.87. The number of carbonyl (C=O) groups is 1. The quantitative estimate of drug-likeness (QED) is 0.841. The lowest BCUT2D eigenvalue weighted by Gasteiger charge is -2.24. The van der Waals surface area contributed by atoms with E-state index < -0.39 is 5.82 Å². The molecule has 4 nitrogen and oxygen atoms in total. The van der Waals surface area contributed by atoms with Crippen molar-refractivity contribution in [2.24, 2.45) is 0 Å². The average molecular weight is 299 g/mol. The minimum absolute atomic E-state index is 0.0529. The fourth-order valence-electron chi connectivity index (χ4n) is 1.72. The SMILES string of the molecule is CCCNc1nccc(C(=O)N(C)C(C)CSC)c1F. The molecule has 112 valence electrons. The number of rotatable bonds is 7. The molecule has 0 saturated carbocycles. The highest BCUT2D eigenvalue weighted by molar-refractivity contribution is 7.98. The van der Waals surface area contributed by atoms with Crippen molar-refractivity contribution >= 4 is 23.5 Å². The molecule has 0 radical (unpaired) electrons. The molecule has 0 saturated heterocycles. The molecule has 1 heterocycles. The van der Waals surface area contributed by atoms with E-state index in [4.69, 9.17) is 0 Å². The summed E-state index contributed by atoms with van der Waals surface area (Å²) in [5, 5.41) is 2.89. The van der Waals surface area contributed by atoms with Crippen LogP contribution < -0.4 is 5.32 Å². The number of nitrogens with zero attached hydrogens (tertiary/aromatic N) is 2. The Morgan fingerprint density at radius 1 is 1.60 bits per heavy atom. The van der Waals surface area contributed by atoms with Crippen LogP contribution in [0.25, 0.3) is 0 Å². The third kappa shape index (κ3) is 4.10. The lowest BCUT2D eigenvalue weighted by atomic mass is 10.2. The van der Waals surface area contributed by atoms with Crippen molar-refractivity contribution in [1.82, 2.24) is 9.88 Å². The summed E-state index contributed by atoms with van der Waals surface area (Å²) in [6, 6.07) is 1.48. The van der Waals surface area contributed by atoms with Crippen molar-refractivity contribution in [1.29, 1.82) is 0 Å². The second-order valence-electron chi connectivity index (χ2n) is 4.67. The van der Waals surface area contributed by atoms with E-state index in [1.54, 1.807) is 23.7 Å². The van der Waals surface area contributed by atoms with Gasteiger partial charge < -0.3 is 10.2 Å². The third-order valence-corrected chi connectivity index (χ3v) is 3.87. The van der Waals surface area contributed by atoms with Crippen LogP contribution in [-0.4, -0.2) is 47.4 Å². The van der Waals surface area contributed by atoms with E-state index in [1.165, 1.54) is 12.3 Å².